The minimum absolute atomic E-state index is 0.182. The second-order valence-electron chi connectivity index (χ2n) is 6.90. The maximum Gasteiger partial charge on any atom is 0.266 e. The number of nitrogens with zero attached hydrogens (tertiary/aromatic N) is 2. The molecule has 2 heterocycles. The molecular formula is C23H20ClN3O2S. The highest BCUT2D eigenvalue weighted by Crippen LogP contribution is 2.20. The quantitative estimate of drug-likeness (QED) is 0.398. The number of aryl methyl sites for hydroxylation is 1. The Balaban J connectivity index is 1.32. The van der Waals surface area contributed by atoms with Gasteiger partial charge in [-0.3, -0.25) is 9.48 Å². The average molecular weight is 438 g/mol. The number of thiophene rings is 1. The summed E-state index contributed by atoms with van der Waals surface area (Å²) in [5, 5.41) is 9.87. The van der Waals surface area contributed by atoms with Crippen LogP contribution in [0.15, 0.2) is 72.2 Å². The second-order valence-corrected chi connectivity index (χ2v) is 8.25. The van der Waals surface area contributed by atoms with Crippen molar-refractivity contribution in [2.45, 2.75) is 20.1 Å². The lowest BCUT2D eigenvalue weighted by Crippen LogP contribution is -2.11. The molecule has 1 N–H and O–H groups in total. The molecule has 0 atom stereocenters. The number of nitrogens with one attached hydrogen (secondary N) is 1. The van der Waals surface area contributed by atoms with E-state index in [2.05, 4.69) is 41.6 Å². The molecule has 4 rings (SSSR count). The molecule has 7 heteroatoms. The molecule has 30 heavy (non-hydrogen) atoms. The van der Waals surface area contributed by atoms with Gasteiger partial charge < -0.3 is 10.1 Å². The first-order valence-corrected chi connectivity index (χ1v) is 10.7. The van der Waals surface area contributed by atoms with Crippen LogP contribution in [0.3, 0.4) is 0 Å². The minimum atomic E-state index is -0.182. The van der Waals surface area contributed by atoms with Crippen molar-refractivity contribution in [3.63, 3.8) is 0 Å². The normalized spacial score (nSPS) is 10.7. The maximum atomic E-state index is 12.5. The molecule has 1 amide bonds. The summed E-state index contributed by atoms with van der Waals surface area (Å²) in [6.45, 7) is 3.10. The summed E-state index contributed by atoms with van der Waals surface area (Å²) >= 11 is 7.25. The van der Waals surface area contributed by atoms with Gasteiger partial charge in [0.05, 0.1) is 11.4 Å². The van der Waals surface area contributed by atoms with Gasteiger partial charge in [0.2, 0.25) is 0 Å². The highest BCUT2D eigenvalue weighted by molar-refractivity contribution is 7.12. The number of ether oxygens (including phenoxy) is 1. The molecule has 0 unspecified atom stereocenters. The Morgan fingerprint density at radius 1 is 1.10 bits per heavy atom. The lowest BCUT2D eigenvalue weighted by Gasteiger charge is -2.04. The van der Waals surface area contributed by atoms with Crippen molar-refractivity contribution in [3.8, 4) is 5.75 Å². The van der Waals surface area contributed by atoms with Crippen molar-refractivity contribution in [1.82, 2.24) is 9.78 Å². The number of hydrogen-bond acceptors (Lipinski definition) is 4. The third-order valence-electron chi connectivity index (χ3n) is 4.44. The van der Waals surface area contributed by atoms with Crippen LogP contribution in [-0.4, -0.2) is 15.7 Å². The topological polar surface area (TPSA) is 56.2 Å². The number of rotatable bonds is 7. The van der Waals surface area contributed by atoms with Crippen LogP contribution in [0.5, 0.6) is 5.75 Å². The third-order valence-corrected chi connectivity index (χ3v) is 5.67. The van der Waals surface area contributed by atoms with Gasteiger partial charge in [-0.15, -0.1) is 11.3 Å². The number of amides is 1. The molecule has 0 aliphatic rings. The molecule has 0 fully saturated rings. The molecule has 152 valence electrons. The zero-order valence-electron chi connectivity index (χ0n) is 16.3. The zero-order valence-corrected chi connectivity index (χ0v) is 17.9. The first-order chi connectivity index (χ1) is 14.5. The predicted molar refractivity (Wildman–Crippen MR) is 121 cm³/mol. The van der Waals surface area contributed by atoms with Crippen LogP contribution in [0.4, 0.5) is 5.82 Å². The van der Waals surface area contributed by atoms with Crippen LogP contribution in [-0.2, 0) is 13.2 Å². The molecular weight excluding hydrogens is 418 g/mol. The molecule has 0 radical (unpaired) electrons. The fourth-order valence-corrected chi connectivity index (χ4v) is 3.76. The van der Waals surface area contributed by atoms with Gasteiger partial charge in [0.15, 0.2) is 5.82 Å². The molecule has 0 bridgehead atoms. The fourth-order valence-electron chi connectivity index (χ4n) is 2.84. The molecule has 2 aromatic carbocycles. The Hall–Kier alpha value is -3.09. The smallest absolute Gasteiger partial charge is 0.266 e. The fraction of sp³-hybridized carbons (Fsp3) is 0.130. The number of benzene rings is 2. The number of hydrogen-bond donors (Lipinski definition) is 1. The third kappa shape index (κ3) is 5.28. The Labute approximate surface area is 183 Å². The Bertz CT molecular complexity index is 1130. The average Bonchev–Trinajstić information content (AvgIpc) is 3.39. The van der Waals surface area contributed by atoms with Crippen molar-refractivity contribution < 1.29 is 9.53 Å². The molecule has 0 saturated carbocycles. The van der Waals surface area contributed by atoms with Gasteiger partial charge in [0.1, 0.15) is 12.4 Å². The van der Waals surface area contributed by atoms with E-state index in [1.165, 1.54) is 16.9 Å². The number of carbonyl (C=O) groups excluding carboxylic acids is 1. The van der Waals surface area contributed by atoms with Crippen LogP contribution in [0.25, 0.3) is 0 Å². The van der Waals surface area contributed by atoms with Gasteiger partial charge in [0, 0.05) is 22.8 Å². The van der Waals surface area contributed by atoms with E-state index >= 15 is 0 Å². The SMILES string of the molecule is Cc1ccc(Cn2ccc(NC(=O)c3cc(COc4ccc(Cl)cc4)cs3)n2)cc1. The van der Waals surface area contributed by atoms with Crippen molar-refractivity contribution in [1.29, 1.82) is 0 Å². The number of anilines is 1. The lowest BCUT2D eigenvalue weighted by atomic mass is 10.1. The number of aromatic nitrogens is 2. The minimum Gasteiger partial charge on any atom is -0.489 e. The van der Waals surface area contributed by atoms with Gasteiger partial charge in [-0.05, 0) is 48.2 Å². The summed E-state index contributed by atoms with van der Waals surface area (Å²) < 4.78 is 7.53. The summed E-state index contributed by atoms with van der Waals surface area (Å²) in [5.74, 6) is 1.08. The van der Waals surface area contributed by atoms with E-state index in [1.807, 2.05) is 29.8 Å². The van der Waals surface area contributed by atoms with E-state index < -0.39 is 0 Å². The highest BCUT2D eigenvalue weighted by atomic mass is 35.5. The summed E-state index contributed by atoms with van der Waals surface area (Å²) in [4.78, 5) is 13.1. The number of carbonyl (C=O) groups is 1. The van der Waals surface area contributed by atoms with E-state index in [1.54, 1.807) is 22.9 Å². The molecule has 0 spiro atoms. The lowest BCUT2D eigenvalue weighted by molar-refractivity contribution is 0.103. The van der Waals surface area contributed by atoms with E-state index in [4.69, 9.17) is 16.3 Å². The van der Waals surface area contributed by atoms with Crippen LogP contribution in [0, 0.1) is 6.92 Å². The van der Waals surface area contributed by atoms with Crippen molar-refractivity contribution >= 4 is 34.7 Å². The van der Waals surface area contributed by atoms with Gasteiger partial charge in [0.25, 0.3) is 5.91 Å². The molecule has 0 aliphatic heterocycles. The van der Waals surface area contributed by atoms with Gasteiger partial charge >= 0.3 is 0 Å². The van der Waals surface area contributed by atoms with Crippen molar-refractivity contribution in [2.75, 3.05) is 5.32 Å². The van der Waals surface area contributed by atoms with E-state index in [9.17, 15) is 4.79 Å². The molecule has 2 aromatic heterocycles. The monoisotopic (exact) mass is 437 g/mol. The molecule has 4 aromatic rings. The Morgan fingerprint density at radius 2 is 1.87 bits per heavy atom. The Morgan fingerprint density at radius 3 is 2.63 bits per heavy atom. The van der Waals surface area contributed by atoms with Crippen LogP contribution >= 0.6 is 22.9 Å². The molecule has 0 aliphatic carbocycles. The van der Waals surface area contributed by atoms with E-state index in [0.29, 0.717) is 28.9 Å². The summed E-state index contributed by atoms with van der Waals surface area (Å²) in [6, 6.07) is 19.1. The van der Waals surface area contributed by atoms with Gasteiger partial charge in [-0.25, -0.2) is 0 Å². The van der Waals surface area contributed by atoms with E-state index in [0.717, 1.165) is 16.9 Å². The summed E-state index contributed by atoms with van der Waals surface area (Å²) in [6.07, 6.45) is 1.86. The summed E-state index contributed by atoms with van der Waals surface area (Å²) in [5.41, 5.74) is 3.32. The van der Waals surface area contributed by atoms with Crippen LogP contribution in [0.1, 0.15) is 26.4 Å². The van der Waals surface area contributed by atoms with Crippen LogP contribution in [0.2, 0.25) is 5.02 Å². The number of halogens is 1. The van der Waals surface area contributed by atoms with Gasteiger partial charge in [-0.2, -0.15) is 5.10 Å². The van der Waals surface area contributed by atoms with Crippen molar-refractivity contribution in [3.05, 3.63) is 98.8 Å². The van der Waals surface area contributed by atoms with Crippen molar-refractivity contribution in [2.24, 2.45) is 0 Å². The standard InChI is InChI=1S/C23H20ClN3O2S/c1-16-2-4-17(5-3-16)13-27-11-10-22(26-27)25-23(28)21-12-18(15-30-21)14-29-20-8-6-19(24)7-9-20/h2-12,15H,13-14H2,1H3,(H,25,26,28). The zero-order chi connectivity index (χ0) is 20.9. The van der Waals surface area contributed by atoms with Gasteiger partial charge in [-0.1, -0.05) is 41.4 Å². The second kappa shape index (κ2) is 9.15. The highest BCUT2D eigenvalue weighted by Gasteiger charge is 2.12. The largest absolute Gasteiger partial charge is 0.489 e. The Kier molecular flexibility index (Phi) is 6.16. The first kappa shape index (κ1) is 20.2. The predicted octanol–water partition coefficient (Wildman–Crippen LogP) is 5.79. The first-order valence-electron chi connectivity index (χ1n) is 9.41. The van der Waals surface area contributed by atoms with E-state index in [-0.39, 0.29) is 5.91 Å². The summed E-state index contributed by atoms with van der Waals surface area (Å²) in [7, 11) is 0. The molecule has 0 saturated heterocycles. The maximum absolute atomic E-state index is 12.5. The molecule has 5 nitrogen and oxygen atoms in total. The van der Waals surface area contributed by atoms with Crippen LogP contribution < -0.4 is 10.1 Å².